The second-order valence-electron chi connectivity index (χ2n) is 5.03. The first kappa shape index (κ1) is 18.0. The van der Waals surface area contributed by atoms with Gasteiger partial charge in [-0.3, -0.25) is 18.7 Å². The molecule has 1 N–H and O–H groups in total. The molecule has 0 radical (unpaired) electrons. The SMILES string of the molecule is CCC(=O)Oc1cnc(N=Nc2c(O)n(C)c(=O)n(C)c2=O)nc1C. The average Bonchev–Trinajstić information content (AvgIpc) is 2.60. The van der Waals surface area contributed by atoms with Gasteiger partial charge in [0.05, 0.1) is 11.9 Å². The fourth-order valence-electron chi connectivity index (χ4n) is 1.78. The first-order valence-corrected chi connectivity index (χ1v) is 7.21. The summed E-state index contributed by atoms with van der Waals surface area (Å²) in [5, 5.41) is 17.2. The van der Waals surface area contributed by atoms with Crippen molar-refractivity contribution in [3.63, 3.8) is 0 Å². The third kappa shape index (κ3) is 3.59. The highest BCUT2D eigenvalue weighted by atomic mass is 16.5. The predicted octanol–water partition coefficient (Wildman–Crippen LogP) is 0.619. The van der Waals surface area contributed by atoms with E-state index in [2.05, 4.69) is 20.2 Å². The quantitative estimate of drug-likeness (QED) is 0.630. The largest absolute Gasteiger partial charge is 0.493 e. The normalized spacial score (nSPS) is 11.0. The number of esters is 1. The van der Waals surface area contributed by atoms with Crippen LogP contribution in [0.4, 0.5) is 11.6 Å². The Kier molecular flexibility index (Phi) is 5.05. The summed E-state index contributed by atoms with van der Waals surface area (Å²) in [5.41, 5.74) is -1.58. The van der Waals surface area contributed by atoms with E-state index in [1.54, 1.807) is 13.8 Å². The number of hydrogen-bond acceptors (Lipinski definition) is 9. The van der Waals surface area contributed by atoms with Crippen molar-refractivity contribution in [2.45, 2.75) is 20.3 Å². The van der Waals surface area contributed by atoms with E-state index in [0.29, 0.717) is 5.69 Å². The molecule has 0 bridgehead atoms. The van der Waals surface area contributed by atoms with Crippen LogP contribution in [0.1, 0.15) is 19.0 Å². The van der Waals surface area contributed by atoms with Gasteiger partial charge >= 0.3 is 11.7 Å². The monoisotopic (exact) mass is 348 g/mol. The number of ether oxygens (including phenoxy) is 1. The summed E-state index contributed by atoms with van der Waals surface area (Å²) in [6.07, 6.45) is 1.46. The van der Waals surface area contributed by atoms with Crippen LogP contribution in [0, 0.1) is 6.92 Å². The molecule has 0 atom stereocenters. The first-order valence-electron chi connectivity index (χ1n) is 7.21. The predicted molar refractivity (Wildman–Crippen MR) is 85.5 cm³/mol. The van der Waals surface area contributed by atoms with Crippen molar-refractivity contribution in [1.82, 2.24) is 19.1 Å². The van der Waals surface area contributed by atoms with E-state index in [1.807, 2.05) is 0 Å². The van der Waals surface area contributed by atoms with E-state index in [4.69, 9.17) is 4.74 Å². The minimum atomic E-state index is -0.811. The van der Waals surface area contributed by atoms with Crippen molar-refractivity contribution < 1.29 is 14.6 Å². The Bertz CT molecular complexity index is 975. The Hall–Kier alpha value is -3.37. The van der Waals surface area contributed by atoms with Crippen molar-refractivity contribution >= 4 is 17.6 Å². The molecule has 0 aromatic carbocycles. The summed E-state index contributed by atoms with van der Waals surface area (Å²) in [6, 6.07) is 0. The van der Waals surface area contributed by atoms with Gasteiger partial charge in [-0.05, 0) is 6.92 Å². The highest BCUT2D eigenvalue weighted by molar-refractivity contribution is 5.72. The molecule has 0 saturated carbocycles. The molecule has 0 amide bonds. The molecule has 0 spiro atoms. The Morgan fingerprint density at radius 1 is 1.28 bits per heavy atom. The maximum Gasteiger partial charge on any atom is 0.333 e. The molecule has 2 aromatic rings. The fraction of sp³-hybridized carbons (Fsp3) is 0.357. The van der Waals surface area contributed by atoms with Crippen LogP contribution in [0.5, 0.6) is 11.6 Å². The van der Waals surface area contributed by atoms with Crippen LogP contribution in [0.3, 0.4) is 0 Å². The minimum absolute atomic E-state index is 0.107. The van der Waals surface area contributed by atoms with Crippen LogP contribution in [0.25, 0.3) is 0 Å². The zero-order valence-corrected chi connectivity index (χ0v) is 14.0. The number of aromatic nitrogens is 4. The van der Waals surface area contributed by atoms with E-state index in [9.17, 15) is 19.5 Å². The fourth-order valence-corrected chi connectivity index (χ4v) is 1.78. The van der Waals surface area contributed by atoms with Crippen LogP contribution in [0.15, 0.2) is 26.0 Å². The lowest BCUT2D eigenvalue weighted by Crippen LogP contribution is -2.36. The summed E-state index contributed by atoms with van der Waals surface area (Å²) in [7, 11) is 2.54. The van der Waals surface area contributed by atoms with Gasteiger partial charge in [-0.25, -0.2) is 14.8 Å². The van der Waals surface area contributed by atoms with Crippen LogP contribution in [-0.2, 0) is 18.9 Å². The summed E-state index contributed by atoms with van der Waals surface area (Å²) >= 11 is 0. The second kappa shape index (κ2) is 7.03. The molecule has 2 heterocycles. The molecular formula is C14H16N6O5. The molecule has 25 heavy (non-hydrogen) atoms. The molecule has 0 fully saturated rings. The van der Waals surface area contributed by atoms with Gasteiger partial charge in [-0.1, -0.05) is 6.92 Å². The van der Waals surface area contributed by atoms with Gasteiger partial charge in [0, 0.05) is 20.5 Å². The number of rotatable bonds is 4. The third-order valence-electron chi connectivity index (χ3n) is 3.28. The van der Waals surface area contributed by atoms with Crippen LogP contribution >= 0.6 is 0 Å². The zero-order chi connectivity index (χ0) is 18.7. The van der Waals surface area contributed by atoms with Crippen molar-refractivity contribution in [2.24, 2.45) is 24.3 Å². The van der Waals surface area contributed by atoms with Crippen molar-refractivity contribution in [3.05, 3.63) is 32.7 Å². The molecule has 2 aromatic heterocycles. The van der Waals surface area contributed by atoms with Crippen LogP contribution in [0.2, 0.25) is 0 Å². The zero-order valence-electron chi connectivity index (χ0n) is 14.0. The van der Waals surface area contributed by atoms with E-state index >= 15 is 0 Å². The van der Waals surface area contributed by atoms with Crippen molar-refractivity contribution in [1.29, 1.82) is 0 Å². The Morgan fingerprint density at radius 2 is 1.96 bits per heavy atom. The number of carbonyl (C=O) groups excluding carboxylic acids is 1. The summed E-state index contributed by atoms with van der Waals surface area (Å²) < 4.78 is 6.67. The maximum atomic E-state index is 12.0. The highest BCUT2D eigenvalue weighted by Gasteiger charge is 2.15. The molecule has 0 saturated heterocycles. The maximum absolute atomic E-state index is 12.0. The highest BCUT2D eigenvalue weighted by Crippen LogP contribution is 2.22. The van der Waals surface area contributed by atoms with Gasteiger partial charge in [-0.15, -0.1) is 10.2 Å². The summed E-state index contributed by atoms with van der Waals surface area (Å²) in [5.74, 6) is -0.975. The van der Waals surface area contributed by atoms with Gasteiger partial charge in [0.1, 0.15) is 0 Å². The first-order chi connectivity index (χ1) is 11.8. The minimum Gasteiger partial charge on any atom is -0.493 e. The Labute approximate surface area is 141 Å². The van der Waals surface area contributed by atoms with Crippen molar-refractivity contribution in [2.75, 3.05) is 0 Å². The summed E-state index contributed by atoms with van der Waals surface area (Å²) in [6.45, 7) is 3.24. The number of aryl methyl sites for hydroxylation is 1. The number of azo groups is 1. The Morgan fingerprint density at radius 3 is 2.56 bits per heavy atom. The lowest BCUT2D eigenvalue weighted by atomic mass is 10.4. The van der Waals surface area contributed by atoms with E-state index in [0.717, 1.165) is 9.13 Å². The van der Waals surface area contributed by atoms with Crippen LogP contribution in [-0.4, -0.2) is 30.2 Å². The third-order valence-corrected chi connectivity index (χ3v) is 3.28. The Balaban J connectivity index is 2.38. The lowest BCUT2D eigenvalue weighted by molar-refractivity contribution is -0.134. The molecular weight excluding hydrogens is 332 g/mol. The van der Waals surface area contributed by atoms with Crippen LogP contribution < -0.4 is 16.0 Å². The van der Waals surface area contributed by atoms with E-state index < -0.39 is 28.8 Å². The number of nitrogens with zero attached hydrogens (tertiary/aromatic N) is 6. The average molecular weight is 348 g/mol. The lowest BCUT2D eigenvalue weighted by Gasteiger charge is -2.06. The molecule has 132 valence electrons. The topological polar surface area (TPSA) is 141 Å². The number of aromatic hydroxyl groups is 1. The van der Waals surface area contributed by atoms with Gasteiger partial charge in [0.15, 0.2) is 5.75 Å². The van der Waals surface area contributed by atoms with E-state index in [-0.39, 0.29) is 18.1 Å². The smallest absolute Gasteiger partial charge is 0.333 e. The number of hydrogen-bond donors (Lipinski definition) is 1. The molecule has 11 nitrogen and oxygen atoms in total. The van der Waals surface area contributed by atoms with Crippen molar-refractivity contribution in [3.8, 4) is 11.6 Å². The van der Waals surface area contributed by atoms with Gasteiger partial charge in [0.2, 0.25) is 11.6 Å². The summed E-state index contributed by atoms with van der Waals surface area (Å²) in [4.78, 5) is 42.8. The molecule has 0 unspecified atom stereocenters. The molecule has 0 aliphatic heterocycles. The van der Waals surface area contributed by atoms with Gasteiger partial charge < -0.3 is 9.84 Å². The standard InChI is InChI=1S/C14H16N6O5/c1-5-9(21)25-8-6-15-13(16-7(8)2)18-17-10-11(22)19(3)14(24)20(4)12(10)23/h6,22H,5H2,1-4H3. The molecule has 11 heteroatoms. The van der Waals surface area contributed by atoms with E-state index in [1.165, 1.54) is 20.3 Å². The molecule has 2 rings (SSSR count). The molecule has 0 aliphatic rings. The van der Waals surface area contributed by atoms with Gasteiger partial charge in [-0.2, -0.15) is 0 Å². The second-order valence-corrected chi connectivity index (χ2v) is 5.03. The number of carbonyl (C=O) groups is 1. The molecule has 0 aliphatic carbocycles. The van der Waals surface area contributed by atoms with Gasteiger partial charge in [0.25, 0.3) is 11.5 Å².